The van der Waals surface area contributed by atoms with Gasteiger partial charge in [-0.05, 0) is 59.8 Å². The molecule has 20 heavy (non-hydrogen) atoms. The van der Waals surface area contributed by atoms with Gasteiger partial charge >= 0.3 is 0 Å². The number of sulfonamides is 1. The molecule has 0 heterocycles. The van der Waals surface area contributed by atoms with Crippen molar-refractivity contribution in [3.8, 4) is 5.75 Å². The van der Waals surface area contributed by atoms with Crippen LogP contribution in [0.4, 0.5) is 0 Å². The molecule has 2 rings (SSSR count). The molecule has 0 amide bonds. The molecule has 0 bridgehead atoms. The zero-order chi connectivity index (χ0) is 14.6. The maximum Gasteiger partial charge on any atom is 0.240 e. The summed E-state index contributed by atoms with van der Waals surface area (Å²) in [5.41, 5.74) is 1.17. The highest BCUT2D eigenvalue weighted by Crippen LogP contribution is 2.27. The molecule has 4 nitrogen and oxygen atoms in total. The minimum atomic E-state index is -3.48. The Labute approximate surface area is 128 Å². The van der Waals surface area contributed by atoms with E-state index in [2.05, 4.69) is 26.7 Å². The molecule has 1 aliphatic rings. The van der Waals surface area contributed by atoms with Gasteiger partial charge in [0, 0.05) is 6.54 Å². The standard InChI is InChI=1S/C14H18BrNO3S/c1-19-14-8-7-12(9-13(14)15)20(17,18)16-10-11-5-3-2-4-6-11/h5,7-9,16H,2-4,6,10H2,1H3. The molecule has 0 atom stereocenters. The van der Waals surface area contributed by atoms with Crippen molar-refractivity contribution in [2.45, 2.75) is 30.6 Å². The van der Waals surface area contributed by atoms with Crippen LogP contribution >= 0.6 is 15.9 Å². The van der Waals surface area contributed by atoms with E-state index in [0.717, 1.165) is 19.3 Å². The Bertz CT molecular complexity index is 611. The average Bonchev–Trinajstić information content (AvgIpc) is 2.46. The van der Waals surface area contributed by atoms with Crippen molar-refractivity contribution in [1.29, 1.82) is 0 Å². The number of halogens is 1. The lowest BCUT2D eigenvalue weighted by molar-refractivity contribution is 0.411. The molecule has 110 valence electrons. The lowest BCUT2D eigenvalue weighted by Gasteiger charge is -2.14. The third-order valence-corrected chi connectivity index (χ3v) is 5.33. The van der Waals surface area contributed by atoms with Crippen LogP contribution in [-0.4, -0.2) is 22.1 Å². The lowest BCUT2D eigenvalue weighted by Crippen LogP contribution is -2.26. The Balaban J connectivity index is 2.09. The van der Waals surface area contributed by atoms with Gasteiger partial charge in [0.1, 0.15) is 5.75 Å². The topological polar surface area (TPSA) is 55.4 Å². The quantitative estimate of drug-likeness (QED) is 0.821. The van der Waals surface area contributed by atoms with Crippen molar-refractivity contribution in [3.63, 3.8) is 0 Å². The second-order valence-electron chi connectivity index (χ2n) is 4.73. The molecule has 0 saturated carbocycles. The second kappa shape index (κ2) is 6.74. The van der Waals surface area contributed by atoms with Crippen molar-refractivity contribution >= 4 is 26.0 Å². The minimum Gasteiger partial charge on any atom is -0.496 e. The Morgan fingerprint density at radius 3 is 2.75 bits per heavy atom. The van der Waals surface area contributed by atoms with Gasteiger partial charge in [-0.2, -0.15) is 0 Å². The van der Waals surface area contributed by atoms with Crippen molar-refractivity contribution in [2.24, 2.45) is 0 Å². The van der Waals surface area contributed by atoms with Gasteiger partial charge in [0.25, 0.3) is 0 Å². The fourth-order valence-corrected chi connectivity index (χ4v) is 3.90. The first-order valence-electron chi connectivity index (χ1n) is 6.54. The van der Waals surface area contributed by atoms with E-state index in [1.54, 1.807) is 25.3 Å². The van der Waals surface area contributed by atoms with Crippen LogP contribution in [0, 0.1) is 0 Å². The van der Waals surface area contributed by atoms with E-state index in [1.165, 1.54) is 12.0 Å². The Hall–Kier alpha value is -0.850. The van der Waals surface area contributed by atoms with Gasteiger partial charge in [-0.15, -0.1) is 0 Å². The molecule has 1 aromatic rings. The first kappa shape index (κ1) is 15.5. The number of hydrogen-bond acceptors (Lipinski definition) is 3. The highest BCUT2D eigenvalue weighted by molar-refractivity contribution is 9.10. The van der Waals surface area contributed by atoms with Crippen LogP contribution in [0.1, 0.15) is 25.7 Å². The molecule has 0 fully saturated rings. The van der Waals surface area contributed by atoms with Crippen molar-refractivity contribution in [1.82, 2.24) is 4.72 Å². The number of methoxy groups -OCH3 is 1. The van der Waals surface area contributed by atoms with Crippen LogP contribution in [-0.2, 0) is 10.0 Å². The van der Waals surface area contributed by atoms with Crippen molar-refractivity contribution in [2.75, 3.05) is 13.7 Å². The third-order valence-electron chi connectivity index (χ3n) is 3.31. The molecule has 0 aromatic heterocycles. The Morgan fingerprint density at radius 1 is 1.35 bits per heavy atom. The maximum absolute atomic E-state index is 12.2. The van der Waals surface area contributed by atoms with Crippen LogP contribution in [0.5, 0.6) is 5.75 Å². The maximum atomic E-state index is 12.2. The Kier molecular flexibility index (Phi) is 5.23. The summed E-state index contributed by atoms with van der Waals surface area (Å²) < 4.78 is 32.8. The average molecular weight is 360 g/mol. The van der Waals surface area contributed by atoms with E-state index in [9.17, 15) is 8.42 Å². The number of ether oxygens (including phenoxy) is 1. The molecular formula is C14H18BrNO3S. The Morgan fingerprint density at radius 2 is 2.15 bits per heavy atom. The summed E-state index contributed by atoms with van der Waals surface area (Å²) in [5.74, 6) is 0.610. The number of nitrogens with one attached hydrogen (secondary N) is 1. The van der Waals surface area contributed by atoms with E-state index >= 15 is 0 Å². The summed E-state index contributed by atoms with van der Waals surface area (Å²) in [6.07, 6.45) is 6.50. The highest BCUT2D eigenvalue weighted by atomic mass is 79.9. The van der Waals surface area contributed by atoms with Gasteiger partial charge < -0.3 is 4.74 Å². The van der Waals surface area contributed by atoms with Crippen LogP contribution in [0.15, 0.2) is 39.2 Å². The lowest BCUT2D eigenvalue weighted by atomic mass is 10.0. The minimum absolute atomic E-state index is 0.238. The van der Waals surface area contributed by atoms with Crippen LogP contribution in [0.25, 0.3) is 0 Å². The first-order chi connectivity index (χ1) is 9.53. The molecule has 1 aromatic carbocycles. The summed E-state index contributed by atoms with van der Waals surface area (Å²) in [6.45, 7) is 0.395. The van der Waals surface area contributed by atoms with Crippen LogP contribution in [0.2, 0.25) is 0 Å². The molecule has 0 aliphatic heterocycles. The molecule has 1 N–H and O–H groups in total. The fraction of sp³-hybridized carbons (Fsp3) is 0.429. The van der Waals surface area contributed by atoms with E-state index in [1.807, 2.05) is 0 Å². The van der Waals surface area contributed by atoms with Crippen molar-refractivity contribution in [3.05, 3.63) is 34.3 Å². The second-order valence-corrected chi connectivity index (χ2v) is 7.35. The predicted octanol–water partition coefficient (Wildman–Crippen LogP) is 3.24. The monoisotopic (exact) mass is 359 g/mol. The predicted molar refractivity (Wildman–Crippen MR) is 82.4 cm³/mol. The SMILES string of the molecule is COc1ccc(S(=O)(=O)NCC2=CCCCC2)cc1Br. The molecule has 0 spiro atoms. The van der Waals surface area contributed by atoms with Gasteiger partial charge in [0.05, 0.1) is 16.5 Å². The summed E-state index contributed by atoms with van der Waals surface area (Å²) in [7, 11) is -1.94. The van der Waals surface area contributed by atoms with E-state index in [4.69, 9.17) is 4.74 Å². The van der Waals surface area contributed by atoms with E-state index < -0.39 is 10.0 Å². The van der Waals surface area contributed by atoms with E-state index in [-0.39, 0.29) is 4.90 Å². The first-order valence-corrected chi connectivity index (χ1v) is 8.81. The van der Waals surface area contributed by atoms with Gasteiger partial charge in [-0.3, -0.25) is 0 Å². The van der Waals surface area contributed by atoms with Gasteiger partial charge in [-0.1, -0.05) is 11.6 Å². The van der Waals surface area contributed by atoms with E-state index in [0.29, 0.717) is 16.8 Å². The number of hydrogen-bond donors (Lipinski definition) is 1. The number of benzene rings is 1. The largest absolute Gasteiger partial charge is 0.496 e. The molecule has 6 heteroatoms. The van der Waals surface area contributed by atoms with Gasteiger partial charge in [-0.25, -0.2) is 13.1 Å². The zero-order valence-electron chi connectivity index (χ0n) is 11.4. The number of rotatable bonds is 5. The zero-order valence-corrected chi connectivity index (χ0v) is 13.8. The molecule has 1 aliphatic carbocycles. The third kappa shape index (κ3) is 3.84. The van der Waals surface area contributed by atoms with Gasteiger partial charge in [0.2, 0.25) is 10.0 Å². The number of allylic oxidation sites excluding steroid dienone is 1. The van der Waals surface area contributed by atoms with Crippen molar-refractivity contribution < 1.29 is 13.2 Å². The van der Waals surface area contributed by atoms with Gasteiger partial charge in [0.15, 0.2) is 0 Å². The van der Waals surface area contributed by atoms with Crippen LogP contribution in [0.3, 0.4) is 0 Å². The molecular weight excluding hydrogens is 342 g/mol. The highest BCUT2D eigenvalue weighted by Gasteiger charge is 2.16. The summed E-state index contributed by atoms with van der Waals surface area (Å²) in [4.78, 5) is 0.238. The molecule has 0 unspecified atom stereocenters. The summed E-state index contributed by atoms with van der Waals surface area (Å²) in [5, 5.41) is 0. The normalized spacial score (nSPS) is 15.8. The summed E-state index contributed by atoms with van der Waals surface area (Å²) >= 11 is 3.30. The fourth-order valence-electron chi connectivity index (χ4n) is 2.15. The van der Waals surface area contributed by atoms with Crippen LogP contribution < -0.4 is 9.46 Å². The molecule has 0 radical (unpaired) electrons. The molecule has 0 saturated heterocycles. The summed E-state index contributed by atoms with van der Waals surface area (Å²) in [6, 6.07) is 4.73. The smallest absolute Gasteiger partial charge is 0.240 e.